The number of thiol groups is 1. The van der Waals surface area contributed by atoms with Crippen LogP contribution < -0.4 is 0 Å². The molecule has 0 unspecified atom stereocenters. The fourth-order valence-electron chi connectivity index (χ4n) is 5.68. The normalized spacial score (nSPS) is 11.4. The van der Waals surface area contributed by atoms with E-state index in [-0.39, 0.29) is 0 Å². The summed E-state index contributed by atoms with van der Waals surface area (Å²) in [6, 6.07) is 48.2. The van der Waals surface area contributed by atoms with Crippen LogP contribution in [0.15, 0.2) is 149 Å². The van der Waals surface area contributed by atoms with Gasteiger partial charge in [-0.25, -0.2) is 9.97 Å². The van der Waals surface area contributed by atoms with Gasteiger partial charge in [0.25, 0.3) is 0 Å². The molecule has 6 aromatic carbocycles. The van der Waals surface area contributed by atoms with Crippen molar-refractivity contribution >= 4 is 45.3 Å². The van der Waals surface area contributed by atoms with Gasteiger partial charge in [0.1, 0.15) is 10.5 Å². The summed E-state index contributed by atoms with van der Waals surface area (Å²) in [5, 5.41) is 1.03. The summed E-state index contributed by atoms with van der Waals surface area (Å²) in [6.45, 7) is 0. The van der Waals surface area contributed by atoms with Gasteiger partial charge in [0, 0.05) is 27.1 Å². The highest BCUT2D eigenvalue weighted by Crippen LogP contribution is 2.37. The van der Waals surface area contributed by atoms with Crippen LogP contribution in [-0.4, -0.2) is 9.97 Å². The van der Waals surface area contributed by atoms with Crippen LogP contribution in [0.25, 0.3) is 65.6 Å². The number of para-hydroxylation sites is 2. The number of aromatic nitrogens is 2. The second-order valence-electron chi connectivity index (χ2n) is 10.8. The topological polar surface area (TPSA) is 38.9 Å². The zero-order valence-corrected chi connectivity index (χ0v) is 25.4. The highest BCUT2D eigenvalue weighted by Gasteiger charge is 2.15. The van der Waals surface area contributed by atoms with Crippen molar-refractivity contribution in [2.45, 2.75) is 11.3 Å². The third-order valence-corrected chi connectivity index (χ3v) is 9.42. The minimum atomic E-state index is 0.598. The lowest BCUT2D eigenvalue weighted by Crippen LogP contribution is -1.91. The van der Waals surface area contributed by atoms with Crippen molar-refractivity contribution in [3.05, 3.63) is 151 Å². The van der Waals surface area contributed by atoms with Crippen LogP contribution in [0.2, 0.25) is 0 Å². The first-order chi connectivity index (χ1) is 21.7. The maximum atomic E-state index is 6.19. The van der Waals surface area contributed by atoms with Crippen molar-refractivity contribution < 1.29 is 4.42 Å². The number of hydrogen-bond donors (Lipinski definition) is 1. The molecule has 2 aromatic heterocycles. The highest BCUT2D eigenvalue weighted by atomic mass is 32.1. The first-order valence-electron chi connectivity index (χ1n) is 14.5. The Morgan fingerprint density at radius 1 is 0.568 bits per heavy atom. The van der Waals surface area contributed by atoms with Crippen LogP contribution in [0.1, 0.15) is 11.1 Å². The fraction of sp³-hybridized carbons (Fsp3) is 0.0256. The zero-order chi connectivity index (χ0) is 29.5. The first kappa shape index (κ1) is 26.6. The maximum Gasteiger partial charge on any atom is 0.227 e. The predicted molar refractivity (Wildman–Crippen MR) is 185 cm³/mol. The maximum absolute atomic E-state index is 6.19. The molecule has 3 nitrogen and oxygen atoms in total. The molecule has 0 saturated heterocycles. The van der Waals surface area contributed by atoms with Crippen LogP contribution in [0.3, 0.4) is 0 Å². The molecular formula is C39H26N2OS2. The molecule has 0 saturated carbocycles. The molecule has 44 heavy (non-hydrogen) atoms. The summed E-state index contributed by atoms with van der Waals surface area (Å²) < 4.78 is 7.38. The number of nitrogens with zero attached hydrogens (tertiary/aromatic N) is 2. The Hall–Kier alpha value is -4.97. The Morgan fingerprint density at radius 3 is 1.93 bits per heavy atom. The van der Waals surface area contributed by atoms with Gasteiger partial charge in [0.05, 0.1) is 10.2 Å². The van der Waals surface area contributed by atoms with Gasteiger partial charge in [-0.15, -0.1) is 24.0 Å². The molecule has 0 aliphatic rings. The molecule has 210 valence electrons. The quantitative estimate of drug-likeness (QED) is 0.192. The van der Waals surface area contributed by atoms with E-state index in [0.29, 0.717) is 5.89 Å². The minimum absolute atomic E-state index is 0.598. The Morgan fingerprint density at radius 2 is 1.23 bits per heavy atom. The lowest BCUT2D eigenvalue weighted by Gasteiger charge is -2.08. The highest BCUT2D eigenvalue weighted by molar-refractivity contribution is 7.80. The van der Waals surface area contributed by atoms with E-state index in [0.717, 1.165) is 60.8 Å². The number of thiazole rings is 1. The molecule has 0 aliphatic carbocycles. The Kier molecular flexibility index (Phi) is 6.82. The van der Waals surface area contributed by atoms with E-state index in [1.165, 1.54) is 21.4 Å². The van der Waals surface area contributed by atoms with Crippen molar-refractivity contribution in [2.75, 3.05) is 0 Å². The second-order valence-corrected chi connectivity index (χ2v) is 12.3. The third-order valence-electron chi connectivity index (χ3n) is 7.94. The average Bonchev–Trinajstić information content (AvgIpc) is 3.72. The molecule has 0 bridgehead atoms. The molecular weight excluding hydrogens is 577 g/mol. The summed E-state index contributed by atoms with van der Waals surface area (Å²) >= 11 is 6.59. The van der Waals surface area contributed by atoms with Gasteiger partial charge in [0.15, 0.2) is 5.58 Å². The first-order valence-corrected chi connectivity index (χ1v) is 15.8. The Bertz CT molecular complexity index is 2250. The van der Waals surface area contributed by atoms with Crippen molar-refractivity contribution in [3.63, 3.8) is 0 Å². The molecule has 0 N–H and O–H groups in total. The van der Waals surface area contributed by atoms with Gasteiger partial charge < -0.3 is 4.42 Å². The largest absolute Gasteiger partial charge is 0.436 e. The molecule has 0 fully saturated rings. The number of hydrogen-bond acceptors (Lipinski definition) is 5. The van der Waals surface area contributed by atoms with Crippen LogP contribution in [0.4, 0.5) is 0 Å². The van der Waals surface area contributed by atoms with Gasteiger partial charge in [-0.2, -0.15) is 0 Å². The lowest BCUT2D eigenvalue weighted by atomic mass is 10.0. The van der Waals surface area contributed by atoms with Crippen molar-refractivity contribution in [1.29, 1.82) is 0 Å². The van der Waals surface area contributed by atoms with E-state index in [9.17, 15) is 0 Å². The van der Waals surface area contributed by atoms with Crippen LogP contribution in [-0.2, 0) is 6.42 Å². The third kappa shape index (κ3) is 5.00. The van der Waals surface area contributed by atoms with Gasteiger partial charge >= 0.3 is 0 Å². The van der Waals surface area contributed by atoms with E-state index in [1.54, 1.807) is 11.3 Å². The van der Waals surface area contributed by atoms with Crippen molar-refractivity contribution in [2.24, 2.45) is 0 Å². The fourth-order valence-corrected chi connectivity index (χ4v) is 6.97. The number of oxazole rings is 1. The molecule has 0 radical (unpaired) electrons. The average molecular weight is 603 g/mol. The van der Waals surface area contributed by atoms with E-state index < -0.39 is 0 Å². The molecule has 0 aliphatic heterocycles. The standard InChI is InChI=1S/C39H26N2OS2/c43-34-24-30(38-40-36-31(13-7-15-33(36)42-38)26-9-3-1-4-10-26)22-21-29(34)23-25-17-19-28(20-18-25)39-41-37-32(14-8-16-35(37)44-39)27-11-5-2-6-12-27/h1-22,24,43H,23H2. The van der Waals surface area contributed by atoms with Gasteiger partial charge in [0.2, 0.25) is 5.89 Å². The SMILES string of the molecule is Sc1cc(-c2nc3c(-c4ccccc4)cccc3o2)ccc1Cc1ccc(-c2nc3c(-c4ccccc4)cccc3s2)cc1. The number of benzene rings is 6. The Balaban J connectivity index is 1.04. The molecule has 8 rings (SSSR count). The molecule has 5 heteroatoms. The van der Waals surface area contributed by atoms with Crippen molar-refractivity contribution in [3.8, 4) is 44.3 Å². The zero-order valence-electron chi connectivity index (χ0n) is 23.6. The smallest absolute Gasteiger partial charge is 0.227 e. The van der Waals surface area contributed by atoms with Gasteiger partial charge in [-0.3, -0.25) is 0 Å². The van der Waals surface area contributed by atoms with E-state index in [2.05, 4.69) is 97.1 Å². The van der Waals surface area contributed by atoms with Crippen LogP contribution >= 0.6 is 24.0 Å². The molecule has 2 heterocycles. The summed E-state index contributed by atoms with van der Waals surface area (Å²) in [5.41, 5.74) is 11.6. The number of fused-ring (bicyclic) bond motifs is 2. The van der Waals surface area contributed by atoms with Gasteiger partial charge in [-0.1, -0.05) is 115 Å². The van der Waals surface area contributed by atoms with E-state index >= 15 is 0 Å². The molecule has 0 atom stereocenters. The summed E-state index contributed by atoms with van der Waals surface area (Å²) in [6.07, 6.45) is 0.781. The van der Waals surface area contributed by atoms with E-state index in [1.807, 2.05) is 42.5 Å². The summed E-state index contributed by atoms with van der Waals surface area (Å²) in [7, 11) is 0. The van der Waals surface area contributed by atoms with Crippen LogP contribution in [0.5, 0.6) is 0 Å². The summed E-state index contributed by atoms with van der Waals surface area (Å²) in [5.74, 6) is 0.598. The Labute approximate surface area is 264 Å². The molecule has 0 amide bonds. The number of rotatable bonds is 6. The monoisotopic (exact) mass is 602 g/mol. The van der Waals surface area contributed by atoms with E-state index in [4.69, 9.17) is 27.0 Å². The van der Waals surface area contributed by atoms with Gasteiger partial charge in [-0.05, 0) is 52.9 Å². The second kappa shape index (κ2) is 11.3. The molecule has 8 aromatic rings. The van der Waals surface area contributed by atoms with Crippen molar-refractivity contribution in [1.82, 2.24) is 9.97 Å². The predicted octanol–water partition coefficient (Wildman–Crippen LogP) is 11.0. The summed E-state index contributed by atoms with van der Waals surface area (Å²) in [4.78, 5) is 10.9. The molecule has 0 spiro atoms. The minimum Gasteiger partial charge on any atom is -0.436 e. The lowest BCUT2D eigenvalue weighted by molar-refractivity contribution is 0.619. The van der Waals surface area contributed by atoms with Crippen LogP contribution in [0, 0.1) is 0 Å².